The predicted octanol–water partition coefficient (Wildman–Crippen LogP) is 6.97. The van der Waals surface area contributed by atoms with E-state index in [0.29, 0.717) is 6.42 Å². The highest BCUT2D eigenvalue weighted by Gasteiger charge is 2.02. The lowest BCUT2D eigenvalue weighted by molar-refractivity contribution is -0.137. The number of unbranched alkanes of at least 4 members (excludes halogenated alkanes) is 11. The van der Waals surface area contributed by atoms with Crippen LogP contribution in [0, 0.1) is 5.92 Å². The molecule has 0 aromatic rings. The van der Waals surface area contributed by atoms with E-state index in [9.17, 15) is 4.79 Å². The molecule has 1 N–H and O–H groups in total. The third-order valence-electron chi connectivity index (χ3n) is 4.64. The summed E-state index contributed by atoms with van der Waals surface area (Å²) in [5.74, 6) is 0.197. The summed E-state index contributed by atoms with van der Waals surface area (Å²) >= 11 is 0. The first-order valence-electron chi connectivity index (χ1n) is 9.88. The highest BCUT2D eigenvalue weighted by Crippen LogP contribution is 2.18. The van der Waals surface area contributed by atoms with Crippen LogP contribution in [0.25, 0.3) is 0 Å². The molecule has 0 amide bonds. The van der Waals surface area contributed by atoms with Crippen LogP contribution in [-0.4, -0.2) is 11.1 Å². The molecule has 1 unspecified atom stereocenters. The van der Waals surface area contributed by atoms with E-state index in [1.165, 1.54) is 83.5 Å². The molecule has 0 fully saturated rings. The van der Waals surface area contributed by atoms with Crippen LogP contribution >= 0.6 is 0 Å². The van der Waals surface area contributed by atoms with Crippen molar-refractivity contribution in [2.24, 2.45) is 5.92 Å². The highest BCUT2D eigenvalue weighted by molar-refractivity contribution is 5.66. The van der Waals surface area contributed by atoms with Crippen LogP contribution in [0.5, 0.6) is 0 Å². The zero-order valence-electron chi connectivity index (χ0n) is 15.2. The fraction of sp³-hybridized carbons (Fsp3) is 0.950. The van der Waals surface area contributed by atoms with E-state index in [0.717, 1.165) is 18.8 Å². The van der Waals surface area contributed by atoms with Gasteiger partial charge in [-0.1, -0.05) is 104 Å². The normalized spacial score (nSPS) is 12.5. The molecule has 132 valence electrons. The Morgan fingerprint density at radius 3 is 1.59 bits per heavy atom. The van der Waals surface area contributed by atoms with Crippen LogP contribution in [-0.2, 0) is 4.79 Å². The van der Waals surface area contributed by atoms with Crippen LogP contribution < -0.4 is 0 Å². The topological polar surface area (TPSA) is 37.3 Å². The molecule has 0 aromatic heterocycles. The van der Waals surface area contributed by atoms with E-state index in [1.807, 2.05) is 0 Å². The third-order valence-corrected chi connectivity index (χ3v) is 4.64. The molecule has 0 bridgehead atoms. The van der Waals surface area contributed by atoms with Gasteiger partial charge in [0, 0.05) is 6.42 Å². The summed E-state index contributed by atoms with van der Waals surface area (Å²) in [4.78, 5) is 10.4. The Hall–Kier alpha value is -0.530. The lowest BCUT2D eigenvalue weighted by atomic mass is 9.96. The van der Waals surface area contributed by atoms with Crippen molar-refractivity contribution >= 4 is 5.97 Å². The molecule has 2 nitrogen and oxygen atoms in total. The Labute approximate surface area is 139 Å². The van der Waals surface area contributed by atoms with Crippen LogP contribution in [0.3, 0.4) is 0 Å². The molecule has 0 spiro atoms. The van der Waals surface area contributed by atoms with Crippen molar-refractivity contribution in [2.45, 2.75) is 117 Å². The molecule has 22 heavy (non-hydrogen) atoms. The van der Waals surface area contributed by atoms with E-state index < -0.39 is 5.97 Å². The lowest BCUT2D eigenvalue weighted by Gasteiger charge is -2.11. The molecular formula is C20H40O2. The van der Waals surface area contributed by atoms with Gasteiger partial charge in [0.1, 0.15) is 0 Å². The summed E-state index contributed by atoms with van der Waals surface area (Å²) in [6, 6.07) is 0. The van der Waals surface area contributed by atoms with Gasteiger partial charge in [-0.15, -0.1) is 0 Å². The maximum atomic E-state index is 10.4. The summed E-state index contributed by atoms with van der Waals surface area (Å²) in [5, 5.41) is 8.57. The van der Waals surface area contributed by atoms with Crippen molar-refractivity contribution in [2.75, 3.05) is 0 Å². The first kappa shape index (κ1) is 21.5. The van der Waals surface area contributed by atoms with Crippen molar-refractivity contribution in [1.82, 2.24) is 0 Å². The number of rotatable bonds is 17. The van der Waals surface area contributed by atoms with Gasteiger partial charge in [-0.2, -0.15) is 0 Å². The van der Waals surface area contributed by atoms with Crippen molar-refractivity contribution < 1.29 is 9.90 Å². The van der Waals surface area contributed by atoms with Gasteiger partial charge in [-0.05, 0) is 12.3 Å². The van der Waals surface area contributed by atoms with Crippen LogP contribution in [0.2, 0.25) is 0 Å². The number of carboxylic acids is 1. The first-order valence-corrected chi connectivity index (χ1v) is 9.88. The van der Waals surface area contributed by atoms with E-state index >= 15 is 0 Å². The Morgan fingerprint density at radius 2 is 1.14 bits per heavy atom. The van der Waals surface area contributed by atoms with E-state index in [2.05, 4.69) is 13.8 Å². The number of carboxylic acid groups (broad SMARTS) is 1. The summed E-state index contributed by atoms with van der Waals surface area (Å²) in [5.41, 5.74) is 0. The van der Waals surface area contributed by atoms with Gasteiger partial charge in [0.05, 0.1) is 0 Å². The summed E-state index contributed by atoms with van der Waals surface area (Å²) in [6.07, 6.45) is 20.2. The van der Waals surface area contributed by atoms with Crippen molar-refractivity contribution in [1.29, 1.82) is 0 Å². The molecule has 0 heterocycles. The van der Waals surface area contributed by atoms with Crippen LogP contribution in [0.4, 0.5) is 0 Å². The molecule has 0 rings (SSSR count). The Kier molecular flexibility index (Phi) is 16.4. The second kappa shape index (κ2) is 16.8. The first-order chi connectivity index (χ1) is 10.7. The van der Waals surface area contributed by atoms with Gasteiger partial charge in [-0.3, -0.25) is 4.79 Å². The summed E-state index contributed by atoms with van der Waals surface area (Å²) in [6.45, 7) is 4.65. The van der Waals surface area contributed by atoms with Crippen LogP contribution in [0.1, 0.15) is 117 Å². The van der Waals surface area contributed by atoms with Crippen molar-refractivity contribution in [3.63, 3.8) is 0 Å². The molecule has 0 aromatic carbocycles. The van der Waals surface area contributed by atoms with Gasteiger partial charge < -0.3 is 5.11 Å². The average Bonchev–Trinajstić information content (AvgIpc) is 2.48. The second-order valence-corrected chi connectivity index (χ2v) is 7.07. The van der Waals surface area contributed by atoms with E-state index in [4.69, 9.17) is 5.11 Å². The molecule has 0 aliphatic heterocycles. The zero-order chi connectivity index (χ0) is 16.5. The minimum atomic E-state index is -0.654. The largest absolute Gasteiger partial charge is 0.481 e. The zero-order valence-corrected chi connectivity index (χ0v) is 15.2. The summed E-state index contributed by atoms with van der Waals surface area (Å²) in [7, 11) is 0. The molecule has 0 saturated carbocycles. The molecule has 1 atom stereocenters. The molecule has 2 heteroatoms. The van der Waals surface area contributed by atoms with Crippen molar-refractivity contribution in [3.05, 3.63) is 0 Å². The van der Waals surface area contributed by atoms with Gasteiger partial charge in [-0.25, -0.2) is 0 Å². The average molecular weight is 313 g/mol. The molecule has 0 radical (unpaired) electrons. The second-order valence-electron chi connectivity index (χ2n) is 7.07. The molecule has 0 aliphatic rings. The Bertz CT molecular complexity index is 238. The molecule has 0 aliphatic carbocycles. The quantitative estimate of drug-likeness (QED) is 0.294. The lowest BCUT2D eigenvalue weighted by Crippen LogP contribution is -1.96. The van der Waals surface area contributed by atoms with Gasteiger partial charge in [0.25, 0.3) is 0 Å². The van der Waals surface area contributed by atoms with E-state index in [-0.39, 0.29) is 0 Å². The highest BCUT2D eigenvalue weighted by atomic mass is 16.4. The minimum Gasteiger partial charge on any atom is -0.481 e. The molecule has 0 saturated heterocycles. The van der Waals surface area contributed by atoms with Gasteiger partial charge in [0.15, 0.2) is 0 Å². The predicted molar refractivity (Wildman–Crippen MR) is 96.3 cm³/mol. The smallest absolute Gasteiger partial charge is 0.303 e. The number of hydrogen-bond acceptors (Lipinski definition) is 1. The number of hydrogen-bond donors (Lipinski definition) is 1. The van der Waals surface area contributed by atoms with E-state index in [1.54, 1.807) is 0 Å². The third kappa shape index (κ3) is 17.5. The Balaban J connectivity index is 3.16. The standard InChI is InChI=1S/C20H40O2/c1-3-4-5-6-7-8-9-10-13-16-19(2)17-14-11-12-15-18-20(21)22/h19H,3-18H2,1-2H3,(H,21,22). The minimum absolute atomic E-state index is 0.341. The molecular weight excluding hydrogens is 272 g/mol. The fourth-order valence-corrected chi connectivity index (χ4v) is 3.07. The maximum Gasteiger partial charge on any atom is 0.303 e. The Morgan fingerprint density at radius 1 is 0.727 bits per heavy atom. The van der Waals surface area contributed by atoms with Crippen LogP contribution in [0.15, 0.2) is 0 Å². The number of aliphatic carboxylic acids is 1. The fourth-order valence-electron chi connectivity index (χ4n) is 3.07. The summed E-state index contributed by atoms with van der Waals surface area (Å²) < 4.78 is 0. The van der Waals surface area contributed by atoms with Gasteiger partial charge >= 0.3 is 5.97 Å². The van der Waals surface area contributed by atoms with Gasteiger partial charge in [0.2, 0.25) is 0 Å². The monoisotopic (exact) mass is 312 g/mol. The number of carbonyl (C=O) groups is 1. The maximum absolute atomic E-state index is 10.4. The SMILES string of the molecule is CCCCCCCCCCCC(C)CCCCCCC(=O)O. The van der Waals surface area contributed by atoms with Crippen molar-refractivity contribution in [3.8, 4) is 0 Å².